The molecule has 0 fully saturated rings. The second-order valence-corrected chi connectivity index (χ2v) is 6.31. The Labute approximate surface area is 142 Å². The predicted molar refractivity (Wildman–Crippen MR) is 94.9 cm³/mol. The first-order valence-electron chi connectivity index (χ1n) is 8.40. The maximum Gasteiger partial charge on any atom is 0.224 e. The van der Waals surface area contributed by atoms with E-state index in [0.29, 0.717) is 32.0 Å². The molecule has 4 nitrogen and oxygen atoms in total. The second-order valence-electron chi connectivity index (χ2n) is 6.31. The minimum atomic E-state index is 0.0193. The highest BCUT2D eigenvalue weighted by Gasteiger charge is 2.12. The summed E-state index contributed by atoms with van der Waals surface area (Å²) in [5, 5.41) is 2.97. The molecule has 1 N–H and O–H groups in total. The van der Waals surface area contributed by atoms with Gasteiger partial charge < -0.3 is 14.8 Å². The first-order chi connectivity index (χ1) is 11.6. The van der Waals surface area contributed by atoms with Crippen LogP contribution in [0.1, 0.15) is 37.3 Å². The molecule has 2 aromatic carbocycles. The molecule has 0 atom stereocenters. The predicted octanol–water partition coefficient (Wildman–Crippen LogP) is 4.15. The van der Waals surface area contributed by atoms with Gasteiger partial charge >= 0.3 is 0 Å². The summed E-state index contributed by atoms with van der Waals surface area (Å²) in [6, 6.07) is 13.9. The zero-order valence-electron chi connectivity index (χ0n) is 14.2. The summed E-state index contributed by atoms with van der Waals surface area (Å²) in [6.45, 7) is 5.44. The van der Waals surface area contributed by atoms with Crippen LogP contribution in [0.25, 0.3) is 0 Å². The number of carbonyl (C=O) groups excluding carboxylic acids is 1. The number of amides is 1. The van der Waals surface area contributed by atoms with E-state index in [1.165, 1.54) is 5.56 Å². The van der Waals surface area contributed by atoms with E-state index in [-0.39, 0.29) is 5.91 Å². The van der Waals surface area contributed by atoms with Gasteiger partial charge in [-0.15, -0.1) is 0 Å². The molecule has 0 saturated carbocycles. The van der Waals surface area contributed by atoms with Crippen molar-refractivity contribution in [3.05, 3.63) is 53.6 Å². The number of benzene rings is 2. The maximum absolute atomic E-state index is 12.2. The zero-order chi connectivity index (χ0) is 16.9. The molecule has 2 aromatic rings. The molecule has 1 aliphatic heterocycles. The van der Waals surface area contributed by atoms with E-state index in [1.54, 1.807) is 0 Å². The van der Waals surface area contributed by atoms with Gasteiger partial charge in [-0.2, -0.15) is 0 Å². The van der Waals surface area contributed by atoms with Gasteiger partial charge in [-0.05, 0) is 47.7 Å². The number of fused-ring (bicyclic) bond motifs is 1. The van der Waals surface area contributed by atoms with Crippen LogP contribution in [-0.2, 0) is 11.2 Å². The van der Waals surface area contributed by atoms with Gasteiger partial charge in [0.05, 0.1) is 0 Å². The van der Waals surface area contributed by atoms with E-state index in [1.807, 2.05) is 36.4 Å². The van der Waals surface area contributed by atoms with Crippen molar-refractivity contribution in [2.24, 2.45) is 0 Å². The van der Waals surface area contributed by atoms with Gasteiger partial charge in [-0.1, -0.05) is 32.0 Å². The Kier molecular flexibility index (Phi) is 5.04. The number of ether oxygens (including phenoxy) is 2. The quantitative estimate of drug-likeness (QED) is 0.898. The number of hydrogen-bond acceptors (Lipinski definition) is 3. The summed E-state index contributed by atoms with van der Waals surface area (Å²) in [7, 11) is 0. The van der Waals surface area contributed by atoms with Crippen LogP contribution in [0.3, 0.4) is 0 Å². The van der Waals surface area contributed by atoms with Gasteiger partial charge in [0.25, 0.3) is 0 Å². The summed E-state index contributed by atoms with van der Waals surface area (Å²) in [5.41, 5.74) is 3.15. The monoisotopic (exact) mass is 325 g/mol. The maximum atomic E-state index is 12.2. The van der Waals surface area contributed by atoms with Gasteiger partial charge in [-0.25, -0.2) is 0 Å². The molecule has 0 bridgehead atoms. The lowest BCUT2D eigenvalue weighted by atomic mass is 10.0. The average molecular weight is 325 g/mol. The number of hydrogen-bond donors (Lipinski definition) is 1. The van der Waals surface area contributed by atoms with Gasteiger partial charge in [0.2, 0.25) is 5.91 Å². The van der Waals surface area contributed by atoms with Gasteiger partial charge in [-0.3, -0.25) is 4.79 Å². The summed E-state index contributed by atoms with van der Waals surface area (Å²) >= 11 is 0. The van der Waals surface area contributed by atoms with E-state index < -0.39 is 0 Å². The van der Waals surface area contributed by atoms with Crippen molar-refractivity contribution in [2.45, 2.75) is 32.6 Å². The van der Waals surface area contributed by atoms with Crippen molar-refractivity contribution in [3.8, 4) is 11.5 Å². The number of carbonyl (C=O) groups is 1. The topological polar surface area (TPSA) is 47.6 Å². The molecule has 0 aliphatic carbocycles. The Morgan fingerprint density at radius 2 is 1.88 bits per heavy atom. The lowest BCUT2D eigenvalue weighted by Gasteiger charge is -2.18. The zero-order valence-corrected chi connectivity index (χ0v) is 14.2. The van der Waals surface area contributed by atoms with E-state index in [4.69, 9.17) is 9.47 Å². The Morgan fingerprint density at radius 3 is 2.67 bits per heavy atom. The van der Waals surface area contributed by atoms with Crippen LogP contribution in [0.4, 0.5) is 5.69 Å². The van der Waals surface area contributed by atoms with Crippen LogP contribution in [0.2, 0.25) is 0 Å². The highest BCUT2D eigenvalue weighted by molar-refractivity contribution is 5.90. The summed E-state index contributed by atoms with van der Waals surface area (Å²) in [5.74, 6) is 2.01. The Hall–Kier alpha value is -2.49. The van der Waals surface area contributed by atoms with E-state index in [9.17, 15) is 4.79 Å². The number of nitrogens with one attached hydrogen (secondary N) is 1. The van der Waals surface area contributed by atoms with Crippen molar-refractivity contribution in [2.75, 3.05) is 18.5 Å². The van der Waals surface area contributed by atoms with Crippen LogP contribution in [0.15, 0.2) is 42.5 Å². The Balaban J connectivity index is 1.57. The van der Waals surface area contributed by atoms with E-state index in [0.717, 1.165) is 22.7 Å². The van der Waals surface area contributed by atoms with Gasteiger partial charge in [0.15, 0.2) is 11.5 Å². The van der Waals surface area contributed by atoms with Crippen molar-refractivity contribution in [1.82, 2.24) is 0 Å². The molecule has 0 unspecified atom stereocenters. The highest BCUT2D eigenvalue weighted by atomic mass is 16.6. The molecule has 1 heterocycles. The minimum Gasteiger partial charge on any atom is -0.486 e. The van der Waals surface area contributed by atoms with Crippen LogP contribution >= 0.6 is 0 Å². The number of anilines is 1. The fourth-order valence-electron chi connectivity index (χ4n) is 2.70. The second kappa shape index (κ2) is 7.39. The summed E-state index contributed by atoms with van der Waals surface area (Å²) < 4.78 is 11.1. The minimum absolute atomic E-state index is 0.0193. The molecule has 0 aromatic heterocycles. The molecule has 126 valence electrons. The molecule has 0 spiro atoms. The highest BCUT2D eigenvalue weighted by Crippen LogP contribution is 2.31. The smallest absolute Gasteiger partial charge is 0.224 e. The molecular weight excluding hydrogens is 302 g/mol. The molecule has 24 heavy (non-hydrogen) atoms. The van der Waals surface area contributed by atoms with Gasteiger partial charge in [0, 0.05) is 12.1 Å². The number of rotatable bonds is 5. The molecule has 3 rings (SSSR count). The van der Waals surface area contributed by atoms with Crippen LogP contribution in [-0.4, -0.2) is 19.1 Å². The first-order valence-corrected chi connectivity index (χ1v) is 8.40. The Morgan fingerprint density at radius 1 is 1.08 bits per heavy atom. The lowest BCUT2D eigenvalue weighted by molar-refractivity contribution is -0.116. The largest absolute Gasteiger partial charge is 0.486 e. The fraction of sp³-hybridized carbons (Fsp3) is 0.350. The average Bonchev–Trinajstić information content (AvgIpc) is 2.60. The van der Waals surface area contributed by atoms with E-state index >= 15 is 0 Å². The molecular formula is C20H23NO3. The van der Waals surface area contributed by atoms with Crippen LogP contribution in [0, 0.1) is 0 Å². The lowest BCUT2D eigenvalue weighted by Crippen LogP contribution is -2.16. The summed E-state index contributed by atoms with van der Waals surface area (Å²) in [6.07, 6.45) is 1.11. The normalized spacial score (nSPS) is 13.0. The standard InChI is InChI=1S/C20H23NO3/c1-14(2)16-4-3-5-17(13-16)21-20(22)9-7-15-6-8-18-19(12-15)24-11-10-23-18/h3-6,8,12-14H,7,9-11H2,1-2H3,(H,21,22). The fourth-order valence-corrected chi connectivity index (χ4v) is 2.70. The van der Waals surface area contributed by atoms with Gasteiger partial charge in [0.1, 0.15) is 13.2 Å². The molecule has 0 radical (unpaired) electrons. The molecule has 1 aliphatic rings. The number of aryl methyl sites for hydroxylation is 1. The van der Waals surface area contributed by atoms with Crippen molar-refractivity contribution >= 4 is 11.6 Å². The molecule has 1 amide bonds. The summed E-state index contributed by atoms with van der Waals surface area (Å²) in [4.78, 5) is 12.2. The third-order valence-electron chi connectivity index (χ3n) is 4.08. The first kappa shape index (κ1) is 16.4. The van der Waals surface area contributed by atoms with E-state index in [2.05, 4.69) is 25.2 Å². The Bertz CT molecular complexity index is 725. The molecule has 0 saturated heterocycles. The van der Waals surface area contributed by atoms with Crippen LogP contribution < -0.4 is 14.8 Å². The SMILES string of the molecule is CC(C)c1cccc(NC(=O)CCc2ccc3c(c2)OCCO3)c1. The molecule has 4 heteroatoms. The van der Waals surface area contributed by atoms with Crippen LogP contribution in [0.5, 0.6) is 11.5 Å². The third-order valence-corrected chi connectivity index (χ3v) is 4.08. The third kappa shape index (κ3) is 4.07. The van der Waals surface area contributed by atoms with Crippen molar-refractivity contribution in [3.63, 3.8) is 0 Å². The van der Waals surface area contributed by atoms with Crippen molar-refractivity contribution < 1.29 is 14.3 Å². The van der Waals surface area contributed by atoms with Crippen molar-refractivity contribution in [1.29, 1.82) is 0 Å².